The minimum absolute atomic E-state index is 0.227. The second kappa shape index (κ2) is 9.24. The molecule has 2 heterocycles. The van der Waals surface area contributed by atoms with E-state index in [4.69, 9.17) is 9.15 Å². The zero-order valence-corrected chi connectivity index (χ0v) is 19.0. The molecule has 5 rings (SSSR count). The molecule has 1 amide bonds. The lowest BCUT2D eigenvalue weighted by Gasteiger charge is -2.12. The minimum atomic E-state index is -0.227. The van der Waals surface area contributed by atoms with Crippen molar-refractivity contribution in [3.05, 3.63) is 97.0 Å². The second-order valence-corrected chi connectivity index (χ2v) is 8.05. The number of rotatable bonds is 6. The molecule has 168 valence electrons. The Labute approximate surface area is 197 Å². The molecule has 0 aliphatic rings. The Morgan fingerprint density at radius 2 is 1.91 bits per heavy atom. The van der Waals surface area contributed by atoms with Crippen molar-refractivity contribution in [1.29, 1.82) is 0 Å². The van der Waals surface area contributed by atoms with Gasteiger partial charge in [-0.2, -0.15) is 0 Å². The van der Waals surface area contributed by atoms with Gasteiger partial charge in [0, 0.05) is 34.9 Å². The van der Waals surface area contributed by atoms with Gasteiger partial charge in [0.2, 0.25) is 5.91 Å². The highest BCUT2D eigenvalue weighted by atomic mass is 16.5. The topological polar surface area (TPSA) is 64.4 Å². The van der Waals surface area contributed by atoms with Gasteiger partial charge in [-0.1, -0.05) is 36.4 Å². The number of benzene rings is 3. The summed E-state index contributed by atoms with van der Waals surface area (Å²) in [6.45, 7) is 4.35. The van der Waals surface area contributed by atoms with Crippen LogP contribution in [0.1, 0.15) is 19.4 Å². The summed E-state index contributed by atoms with van der Waals surface area (Å²) >= 11 is 0. The third-order valence-corrected chi connectivity index (χ3v) is 5.74. The van der Waals surface area contributed by atoms with Gasteiger partial charge in [-0.15, -0.1) is 0 Å². The van der Waals surface area contributed by atoms with Crippen LogP contribution in [0.2, 0.25) is 0 Å². The number of nitrogens with one attached hydrogen (secondary N) is 1. The molecule has 0 aliphatic carbocycles. The van der Waals surface area contributed by atoms with E-state index in [0.29, 0.717) is 18.0 Å². The van der Waals surface area contributed by atoms with Gasteiger partial charge in [0.15, 0.2) is 0 Å². The summed E-state index contributed by atoms with van der Waals surface area (Å²) in [5, 5.41) is 6.17. The maximum atomic E-state index is 12.6. The van der Waals surface area contributed by atoms with Crippen molar-refractivity contribution in [3.8, 4) is 16.9 Å². The molecule has 0 unspecified atom stereocenters. The van der Waals surface area contributed by atoms with E-state index in [1.807, 2.05) is 38.1 Å². The fourth-order valence-corrected chi connectivity index (χ4v) is 4.11. The van der Waals surface area contributed by atoms with E-state index in [9.17, 15) is 4.79 Å². The van der Waals surface area contributed by atoms with Crippen LogP contribution < -0.4 is 10.1 Å². The average molecular weight is 449 g/mol. The van der Waals surface area contributed by atoms with E-state index in [1.54, 1.807) is 36.9 Å². The molecule has 5 heteroatoms. The number of carbonyl (C=O) groups is 1. The third kappa shape index (κ3) is 4.28. The van der Waals surface area contributed by atoms with Crippen LogP contribution in [-0.4, -0.2) is 17.5 Å². The standard InChI is InChI=1S/C29H24N2O3/c1-3-33-27-16-28-25(15-24(27)19(2)13-29(32)31-23-9-6-12-30-17-23)26(18-34-28)22-11-10-20-7-4-5-8-21(20)14-22/h4-18H,3H2,1-2H3,(H,31,32)/b19-13+. The van der Waals surface area contributed by atoms with Gasteiger partial charge in [0.1, 0.15) is 11.3 Å². The second-order valence-electron chi connectivity index (χ2n) is 8.05. The molecule has 0 bridgehead atoms. The Bertz CT molecular complexity index is 1520. The summed E-state index contributed by atoms with van der Waals surface area (Å²) in [6.07, 6.45) is 6.63. The molecule has 5 aromatic rings. The number of fused-ring (bicyclic) bond motifs is 2. The fraction of sp³-hybridized carbons (Fsp3) is 0.103. The number of allylic oxidation sites excluding steroid dienone is 1. The smallest absolute Gasteiger partial charge is 0.248 e. The SMILES string of the molecule is CCOc1cc2occ(-c3ccc4ccccc4c3)c2cc1/C(C)=C/C(=O)Nc1cccnc1. The number of anilines is 1. The molecule has 3 aromatic carbocycles. The molecular formula is C29H24N2O3. The number of ether oxygens (including phenoxy) is 1. The molecular weight excluding hydrogens is 424 g/mol. The van der Waals surface area contributed by atoms with Crippen LogP contribution in [0.3, 0.4) is 0 Å². The summed E-state index contributed by atoms with van der Waals surface area (Å²) in [4.78, 5) is 16.7. The van der Waals surface area contributed by atoms with Crippen molar-refractivity contribution in [3.63, 3.8) is 0 Å². The van der Waals surface area contributed by atoms with Gasteiger partial charge in [-0.05, 0) is 60.0 Å². The van der Waals surface area contributed by atoms with Gasteiger partial charge in [0.05, 0.1) is 24.8 Å². The van der Waals surface area contributed by atoms with E-state index in [1.165, 1.54) is 10.8 Å². The fourth-order valence-electron chi connectivity index (χ4n) is 4.11. The van der Waals surface area contributed by atoms with Crippen LogP contribution in [0.4, 0.5) is 5.69 Å². The number of furan rings is 1. The van der Waals surface area contributed by atoms with Gasteiger partial charge < -0.3 is 14.5 Å². The van der Waals surface area contributed by atoms with Gasteiger partial charge in [0.25, 0.3) is 0 Å². The maximum Gasteiger partial charge on any atom is 0.248 e. The monoisotopic (exact) mass is 448 g/mol. The van der Waals surface area contributed by atoms with Gasteiger partial charge >= 0.3 is 0 Å². The lowest BCUT2D eigenvalue weighted by Crippen LogP contribution is -2.08. The predicted molar refractivity (Wildman–Crippen MR) is 137 cm³/mol. The van der Waals surface area contributed by atoms with Crippen molar-refractivity contribution in [2.24, 2.45) is 0 Å². The maximum absolute atomic E-state index is 12.6. The van der Waals surface area contributed by atoms with Gasteiger partial charge in [-0.3, -0.25) is 9.78 Å². The number of aromatic nitrogens is 1. The summed E-state index contributed by atoms with van der Waals surface area (Å²) in [7, 11) is 0. The number of amides is 1. The molecule has 0 aliphatic heterocycles. The van der Waals surface area contributed by atoms with E-state index >= 15 is 0 Å². The van der Waals surface area contributed by atoms with Crippen LogP contribution in [0.15, 0.2) is 95.9 Å². The summed E-state index contributed by atoms with van der Waals surface area (Å²) in [6, 6.07) is 22.2. The number of pyridine rings is 1. The highest BCUT2D eigenvalue weighted by Crippen LogP contribution is 2.38. The highest BCUT2D eigenvalue weighted by molar-refractivity contribution is 6.05. The molecule has 0 fully saturated rings. The molecule has 0 radical (unpaired) electrons. The quantitative estimate of drug-likeness (QED) is 0.282. The first-order valence-electron chi connectivity index (χ1n) is 11.2. The minimum Gasteiger partial charge on any atom is -0.493 e. The van der Waals surface area contributed by atoms with Crippen LogP contribution in [0, 0.1) is 0 Å². The van der Waals surface area contributed by atoms with E-state index in [2.05, 4.69) is 40.6 Å². The first kappa shape index (κ1) is 21.5. The van der Waals surface area contributed by atoms with Crippen molar-refractivity contribution >= 4 is 38.9 Å². The molecule has 0 saturated carbocycles. The largest absolute Gasteiger partial charge is 0.493 e. The van der Waals surface area contributed by atoms with Crippen LogP contribution in [0.25, 0.3) is 38.4 Å². The van der Waals surface area contributed by atoms with E-state index < -0.39 is 0 Å². The summed E-state index contributed by atoms with van der Waals surface area (Å²) in [5.74, 6) is 0.451. The lowest BCUT2D eigenvalue weighted by atomic mass is 9.97. The van der Waals surface area contributed by atoms with Crippen LogP contribution in [-0.2, 0) is 4.79 Å². The molecule has 0 spiro atoms. The summed E-state index contributed by atoms with van der Waals surface area (Å²) < 4.78 is 11.8. The lowest BCUT2D eigenvalue weighted by molar-refractivity contribution is -0.111. The Balaban J connectivity index is 1.56. The molecule has 1 N–H and O–H groups in total. The number of nitrogens with zero attached hydrogens (tertiary/aromatic N) is 1. The summed E-state index contributed by atoms with van der Waals surface area (Å²) in [5.41, 5.74) is 5.09. The van der Waals surface area contributed by atoms with E-state index in [-0.39, 0.29) is 5.91 Å². The number of hydrogen-bond acceptors (Lipinski definition) is 4. The van der Waals surface area contributed by atoms with Crippen molar-refractivity contribution in [1.82, 2.24) is 4.98 Å². The Morgan fingerprint density at radius 1 is 1.06 bits per heavy atom. The van der Waals surface area contributed by atoms with Crippen LogP contribution in [0.5, 0.6) is 5.75 Å². The molecule has 0 atom stereocenters. The third-order valence-electron chi connectivity index (χ3n) is 5.74. The first-order valence-corrected chi connectivity index (χ1v) is 11.2. The van der Waals surface area contributed by atoms with Crippen molar-refractivity contribution < 1.29 is 13.9 Å². The van der Waals surface area contributed by atoms with Gasteiger partial charge in [-0.25, -0.2) is 0 Å². The number of carbonyl (C=O) groups excluding carboxylic acids is 1. The normalized spacial score (nSPS) is 11.6. The van der Waals surface area contributed by atoms with Crippen LogP contribution >= 0.6 is 0 Å². The zero-order chi connectivity index (χ0) is 23.5. The Kier molecular flexibility index (Phi) is 5.83. The molecule has 0 saturated heterocycles. The van der Waals surface area contributed by atoms with E-state index in [0.717, 1.165) is 33.2 Å². The Morgan fingerprint density at radius 3 is 2.71 bits per heavy atom. The number of hydrogen-bond donors (Lipinski definition) is 1. The zero-order valence-electron chi connectivity index (χ0n) is 19.0. The average Bonchev–Trinajstić information content (AvgIpc) is 3.27. The van der Waals surface area contributed by atoms with Crippen molar-refractivity contribution in [2.75, 3.05) is 11.9 Å². The van der Waals surface area contributed by atoms with Crippen molar-refractivity contribution in [2.45, 2.75) is 13.8 Å². The molecule has 5 nitrogen and oxygen atoms in total. The Hall–Kier alpha value is -4.38. The molecule has 2 aromatic heterocycles. The highest BCUT2D eigenvalue weighted by Gasteiger charge is 2.15. The molecule has 34 heavy (non-hydrogen) atoms. The predicted octanol–water partition coefficient (Wildman–Crippen LogP) is 7.09. The first-order chi connectivity index (χ1) is 16.6.